The van der Waals surface area contributed by atoms with Crippen LogP contribution in [-0.2, 0) is 14.8 Å². The van der Waals surface area contributed by atoms with Crippen molar-refractivity contribution in [2.75, 3.05) is 12.3 Å². The molecule has 1 atom stereocenters. The zero-order chi connectivity index (χ0) is 15.1. The monoisotopic (exact) mass is 317 g/mol. The third-order valence-corrected chi connectivity index (χ3v) is 5.81. The second kappa shape index (κ2) is 5.23. The highest BCUT2D eigenvalue weighted by Gasteiger charge is 2.39. The fourth-order valence-electron chi connectivity index (χ4n) is 2.30. The Labute approximate surface area is 122 Å². The van der Waals surface area contributed by atoms with Gasteiger partial charge < -0.3 is 11.5 Å². The number of carbonyl (C=O) groups is 1. The van der Waals surface area contributed by atoms with Crippen molar-refractivity contribution in [3.05, 3.63) is 22.7 Å². The smallest absolute Gasteiger partial charge is 0.245 e. The van der Waals surface area contributed by atoms with Crippen LogP contribution in [0.4, 0.5) is 5.69 Å². The van der Waals surface area contributed by atoms with Crippen LogP contribution in [0.5, 0.6) is 0 Å². The Morgan fingerprint density at radius 3 is 2.70 bits per heavy atom. The molecule has 20 heavy (non-hydrogen) atoms. The van der Waals surface area contributed by atoms with Gasteiger partial charge in [-0.15, -0.1) is 0 Å². The Hall–Kier alpha value is -1.31. The molecule has 0 spiro atoms. The van der Waals surface area contributed by atoms with E-state index in [4.69, 9.17) is 23.1 Å². The number of hydrogen-bond donors (Lipinski definition) is 2. The summed E-state index contributed by atoms with van der Waals surface area (Å²) in [6.45, 7) is 1.99. The molecule has 1 saturated heterocycles. The van der Waals surface area contributed by atoms with Gasteiger partial charge in [0.05, 0.1) is 5.02 Å². The van der Waals surface area contributed by atoms with E-state index in [1.807, 2.05) is 0 Å². The normalized spacial score (nSPS) is 20.2. The SMILES string of the molecule is Cc1cc(Cl)c(S(=O)(=O)N2CCCC2C(N)=O)cc1N. The van der Waals surface area contributed by atoms with Crippen molar-refractivity contribution in [2.24, 2.45) is 5.73 Å². The van der Waals surface area contributed by atoms with Crippen LogP contribution >= 0.6 is 11.6 Å². The maximum absolute atomic E-state index is 12.6. The van der Waals surface area contributed by atoms with Crippen molar-refractivity contribution >= 4 is 33.2 Å². The summed E-state index contributed by atoms with van der Waals surface area (Å²) in [5, 5.41) is 0.0896. The van der Waals surface area contributed by atoms with Gasteiger partial charge in [-0.25, -0.2) is 8.42 Å². The van der Waals surface area contributed by atoms with Gasteiger partial charge in [0.2, 0.25) is 15.9 Å². The number of benzene rings is 1. The minimum Gasteiger partial charge on any atom is -0.398 e. The van der Waals surface area contributed by atoms with Crippen molar-refractivity contribution in [2.45, 2.75) is 30.7 Å². The van der Waals surface area contributed by atoms with Crippen LogP contribution in [0.1, 0.15) is 18.4 Å². The minimum atomic E-state index is -3.88. The lowest BCUT2D eigenvalue weighted by Crippen LogP contribution is -2.43. The molecule has 0 aromatic heterocycles. The number of sulfonamides is 1. The average Bonchev–Trinajstić information content (AvgIpc) is 2.83. The van der Waals surface area contributed by atoms with Gasteiger partial charge in [0.25, 0.3) is 0 Å². The largest absolute Gasteiger partial charge is 0.398 e. The van der Waals surface area contributed by atoms with E-state index in [9.17, 15) is 13.2 Å². The molecule has 1 fully saturated rings. The van der Waals surface area contributed by atoms with E-state index < -0.39 is 22.0 Å². The van der Waals surface area contributed by atoms with Gasteiger partial charge in [-0.3, -0.25) is 4.79 Å². The number of halogens is 1. The van der Waals surface area contributed by atoms with Crippen LogP contribution < -0.4 is 11.5 Å². The summed E-state index contributed by atoms with van der Waals surface area (Å²) >= 11 is 6.01. The second-order valence-corrected chi connectivity index (χ2v) is 7.08. The fraction of sp³-hybridized carbons (Fsp3) is 0.417. The maximum Gasteiger partial charge on any atom is 0.245 e. The summed E-state index contributed by atoms with van der Waals surface area (Å²) in [7, 11) is -3.88. The van der Waals surface area contributed by atoms with Crippen LogP contribution in [0.3, 0.4) is 0 Å². The zero-order valence-electron chi connectivity index (χ0n) is 11.0. The molecule has 2 rings (SSSR count). The van der Waals surface area contributed by atoms with Gasteiger partial charge in [-0.2, -0.15) is 4.31 Å². The standard InChI is InChI=1S/C12H16ClN3O3S/c1-7-5-8(13)11(6-9(7)14)20(18,19)16-4-2-3-10(16)12(15)17/h5-6,10H,2-4,14H2,1H3,(H2,15,17). The van der Waals surface area contributed by atoms with E-state index in [1.165, 1.54) is 12.1 Å². The van der Waals surface area contributed by atoms with Gasteiger partial charge in [0.15, 0.2) is 0 Å². The molecule has 1 aromatic rings. The number of hydrogen-bond acceptors (Lipinski definition) is 4. The molecule has 6 nitrogen and oxygen atoms in total. The number of aryl methyl sites for hydroxylation is 1. The van der Waals surface area contributed by atoms with E-state index in [1.54, 1.807) is 6.92 Å². The fourth-order valence-corrected chi connectivity index (χ4v) is 4.56. The number of anilines is 1. The van der Waals surface area contributed by atoms with Crippen LogP contribution in [0, 0.1) is 6.92 Å². The molecule has 0 bridgehead atoms. The molecule has 0 saturated carbocycles. The summed E-state index contributed by atoms with van der Waals surface area (Å²) in [5.41, 5.74) is 12.0. The first-order valence-electron chi connectivity index (χ1n) is 6.12. The molecule has 8 heteroatoms. The highest BCUT2D eigenvalue weighted by atomic mass is 35.5. The number of amides is 1. The molecule has 1 heterocycles. The lowest BCUT2D eigenvalue weighted by molar-refractivity contribution is -0.121. The molecule has 1 amide bonds. The highest BCUT2D eigenvalue weighted by Crippen LogP contribution is 2.32. The van der Waals surface area contributed by atoms with Crippen molar-refractivity contribution in [3.8, 4) is 0 Å². The lowest BCUT2D eigenvalue weighted by atomic mass is 10.2. The Bertz CT molecular complexity index is 660. The van der Waals surface area contributed by atoms with Crippen molar-refractivity contribution < 1.29 is 13.2 Å². The molecule has 1 aliphatic rings. The summed E-state index contributed by atoms with van der Waals surface area (Å²) in [5.74, 6) is -0.651. The predicted molar refractivity (Wildman–Crippen MR) is 76.7 cm³/mol. The van der Waals surface area contributed by atoms with Crippen LogP contribution in [-0.4, -0.2) is 31.2 Å². The summed E-state index contributed by atoms with van der Waals surface area (Å²) in [6, 6.07) is 2.00. The topological polar surface area (TPSA) is 106 Å². The van der Waals surface area contributed by atoms with Gasteiger partial charge in [0, 0.05) is 12.2 Å². The van der Waals surface area contributed by atoms with Crippen molar-refractivity contribution in [1.29, 1.82) is 0 Å². The number of nitrogen functional groups attached to an aromatic ring is 1. The molecule has 110 valence electrons. The van der Waals surface area contributed by atoms with E-state index in [0.29, 0.717) is 24.1 Å². The Morgan fingerprint density at radius 1 is 1.45 bits per heavy atom. The Morgan fingerprint density at radius 2 is 2.10 bits per heavy atom. The molecular formula is C12H16ClN3O3S. The molecule has 1 aliphatic heterocycles. The average molecular weight is 318 g/mol. The first-order valence-corrected chi connectivity index (χ1v) is 7.93. The molecule has 1 unspecified atom stereocenters. The number of nitrogens with zero attached hydrogens (tertiary/aromatic N) is 1. The van der Waals surface area contributed by atoms with E-state index >= 15 is 0 Å². The molecule has 4 N–H and O–H groups in total. The van der Waals surface area contributed by atoms with Gasteiger partial charge in [-0.05, 0) is 37.5 Å². The van der Waals surface area contributed by atoms with Gasteiger partial charge >= 0.3 is 0 Å². The predicted octanol–water partition coefficient (Wildman–Crippen LogP) is 0.869. The summed E-state index contributed by atoms with van der Waals surface area (Å²) in [4.78, 5) is 11.3. The van der Waals surface area contributed by atoms with Gasteiger partial charge in [-0.1, -0.05) is 11.6 Å². The van der Waals surface area contributed by atoms with Gasteiger partial charge in [0.1, 0.15) is 10.9 Å². The van der Waals surface area contributed by atoms with Crippen molar-refractivity contribution in [3.63, 3.8) is 0 Å². The minimum absolute atomic E-state index is 0.0876. The van der Waals surface area contributed by atoms with Crippen LogP contribution in [0.15, 0.2) is 17.0 Å². The third-order valence-electron chi connectivity index (χ3n) is 3.44. The van der Waals surface area contributed by atoms with Crippen molar-refractivity contribution in [1.82, 2.24) is 4.31 Å². The number of carbonyl (C=O) groups excluding carboxylic acids is 1. The summed E-state index contributed by atoms with van der Waals surface area (Å²) in [6.07, 6.45) is 1.01. The molecule has 0 radical (unpaired) electrons. The van der Waals surface area contributed by atoms with Crippen LogP contribution in [0.25, 0.3) is 0 Å². The number of rotatable bonds is 3. The van der Waals surface area contributed by atoms with E-state index in [0.717, 1.165) is 4.31 Å². The second-order valence-electron chi connectivity index (χ2n) is 4.82. The third kappa shape index (κ3) is 2.48. The van der Waals surface area contributed by atoms with E-state index in [-0.39, 0.29) is 16.5 Å². The van der Waals surface area contributed by atoms with E-state index in [2.05, 4.69) is 0 Å². The molecular weight excluding hydrogens is 302 g/mol. The highest BCUT2D eigenvalue weighted by molar-refractivity contribution is 7.89. The first kappa shape index (κ1) is 15.1. The maximum atomic E-state index is 12.6. The van der Waals surface area contributed by atoms with Crippen LogP contribution in [0.2, 0.25) is 5.02 Å². The Kier molecular flexibility index (Phi) is 3.95. The summed E-state index contributed by atoms with van der Waals surface area (Å²) < 4.78 is 26.3. The number of primary amides is 1. The number of nitrogens with two attached hydrogens (primary N) is 2. The lowest BCUT2D eigenvalue weighted by Gasteiger charge is -2.22. The molecule has 1 aromatic carbocycles. The zero-order valence-corrected chi connectivity index (χ0v) is 12.5. The quantitative estimate of drug-likeness (QED) is 0.806. The Balaban J connectivity index is 2.50. The molecule has 0 aliphatic carbocycles. The first-order chi connectivity index (χ1) is 9.25.